The van der Waals surface area contributed by atoms with Crippen LogP contribution >= 0.6 is 11.3 Å². The van der Waals surface area contributed by atoms with Crippen LogP contribution < -0.4 is 5.32 Å². The zero-order valence-electron chi connectivity index (χ0n) is 18.5. The van der Waals surface area contributed by atoms with Crippen molar-refractivity contribution in [3.8, 4) is 0 Å². The second kappa shape index (κ2) is 9.65. The van der Waals surface area contributed by atoms with Gasteiger partial charge in [-0.25, -0.2) is 4.98 Å². The molecule has 3 aromatic heterocycles. The summed E-state index contributed by atoms with van der Waals surface area (Å²) in [6.07, 6.45) is 4.56. The molecule has 2 unspecified atom stereocenters. The fourth-order valence-corrected chi connectivity index (χ4v) is 4.50. The number of aromatic nitrogens is 3. The Morgan fingerprint density at radius 3 is 2.59 bits per heavy atom. The van der Waals surface area contributed by atoms with Crippen molar-refractivity contribution in [1.29, 1.82) is 0 Å². The van der Waals surface area contributed by atoms with E-state index >= 15 is 0 Å². The van der Waals surface area contributed by atoms with Gasteiger partial charge in [-0.3, -0.25) is 4.98 Å². The lowest BCUT2D eigenvalue weighted by Crippen LogP contribution is -2.24. The van der Waals surface area contributed by atoms with Crippen molar-refractivity contribution < 1.29 is 9.84 Å². The molecule has 0 saturated carbocycles. The Kier molecular flexibility index (Phi) is 6.69. The fourth-order valence-electron chi connectivity index (χ4n) is 3.61. The summed E-state index contributed by atoms with van der Waals surface area (Å²) >= 11 is 1.46. The molecule has 0 radical (unpaired) electrons. The van der Waals surface area contributed by atoms with Crippen LogP contribution in [0.4, 0.5) is 5.13 Å². The molecule has 0 fully saturated rings. The zero-order valence-corrected chi connectivity index (χ0v) is 19.3. The fraction of sp³-hybridized carbons (Fsp3) is 0.280. The average Bonchev–Trinajstić information content (AvgIpc) is 3.45. The SMILES string of the molecule is CC(OC(C)(C)c1csc(NC(O)c2cccn2Cc2ccncc2)n1)c1ccccc1. The molecule has 4 rings (SSSR count). The van der Waals surface area contributed by atoms with Crippen LogP contribution in [-0.2, 0) is 16.9 Å². The Morgan fingerprint density at radius 2 is 1.84 bits per heavy atom. The summed E-state index contributed by atoms with van der Waals surface area (Å²) in [5, 5.41) is 16.6. The summed E-state index contributed by atoms with van der Waals surface area (Å²) in [7, 11) is 0. The Balaban J connectivity index is 1.42. The standard InChI is InChI=1S/C25H28N4O2S/c1-18(20-8-5-4-6-9-20)31-25(2,3)22-17-32-24(27-22)28-23(30)21-10-7-15-29(21)16-19-11-13-26-14-12-19/h4-15,17-18,23,30H,16H2,1-3H3,(H,27,28). The van der Waals surface area contributed by atoms with Crippen molar-refractivity contribution in [3.05, 3.63) is 101 Å². The topological polar surface area (TPSA) is 72.2 Å². The van der Waals surface area contributed by atoms with Crippen molar-refractivity contribution in [2.45, 2.75) is 45.2 Å². The Labute approximate surface area is 192 Å². The number of aliphatic hydroxyl groups excluding tert-OH is 1. The molecule has 0 bridgehead atoms. The minimum atomic E-state index is -0.877. The molecular formula is C25H28N4O2S. The molecule has 0 aliphatic rings. The number of hydrogen-bond acceptors (Lipinski definition) is 6. The van der Waals surface area contributed by atoms with Crippen LogP contribution in [0.2, 0.25) is 0 Å². The number of anilines is 1. The van der Waals surface area contributed by atoms with Crippen LogP contribution in [-0.4, -0.2) is 19.6 Å². The number of ether oxygens (including phenoxy) is 1. The van der Waals surface area contributed by atoms with Gasteiger partial charge in [0.25, 0.3) is 0 Å². The number of benzene rings is 1. The Hall–Kier alpha value is -3.00. The van der Waals surface area contributed by atoms with Crippen LogP contribution in [0.1, 0.15) is 55.6 Å². The van der Waals surface area contributed by atoms with Crippen LogP contribution in [0.25, 0.3) is 0 Å². The van der Waals surface area contributed by atoms with E-state index in [2.05, 4.69) is 22.4 Å². The number of pyridine rings is 1. The summed E-state index contributed by atoms with van der Waals surface area (Å²) in [6.45, 7) is 6.73. The highest BCUT2D eigenvalue weighted by atomic mass is 32.1. The lowest BCUT2D eigenvalue weighted by molar-refractivity contribution is -0.0724. The predicted octanol–water partition coefficient (Wildman–Crippen LogP) is 5.50. The third-order valence-corrected chi connectivity index (χ3v) is 6.14. The third-order valence-electron chi connectivity index (χ3n) is 5.37. The van der Waals surface area contributed by atoms with Crippen LogP contribution in [0.3, 0.4) is 0 Å². The van der Waals surface area contributed by atoms with Gasteiger partial charge >= 0.3 is 0 Å². The molecule has 4 aromatic rings. The van der Waals surface area contributed by atoms with E-state index in [1.165, 1.54) is 11.3 Å². The third kappa shape index (κ3) is 5.24. The van der Waals surface area contributed by atoms with Crippen molar-refractivity contribution in [3.63, 3.8) is 0 Å². The summed E-state index contributed by atoms with van der Waals surface area (Å²) in [6, 6.07) is 17.9. The Morgan fingerprint density at radius 1 is 1.09 bits per heavy atom. The highest BCUT2D eigenvalue weighted by Gasteiger charge is 2.28. The normalized spacial score (nSPS) is 13.6. The molecule has 2 N–H and O–H groups in total. The largest absolute Gasteiger partial charge is 0.368 e. The Bertz CT molecular complexity index is 1130. The predicted molar refractivity (Wildman–Crippen MR) is 127 cm³/mol. The zero-order chi connectivity index (χ0) is 22.6. The van der Waals surface area contributed by atoms with E-state index in [4.69, 9.17) is 9.72 Å². The molecule has 3 heterocycles. The van der Waals surface area contributed by atoms with Crippen LogP contribution in [0.5, 0.6) is 0 Å². The van der Waals surface area contributed by atoms with Crippen molar-refractivity contribution in [2.75, 3.05) is 5.32 Å². The van der Waals surface area contributed by atoms with Gasteiger partial charge in [-0.2, -0.15) is 0 Å². The number of nitrogens with one attached hydrogen (secondary N) is 1. The van der Waals surface area contributed by atoms with Crippen molar-refractivity contribution in [2.24, 2.45) is 0 Å². The van der Waals surface area contributed by atoms with E-state index in [0.717, 1.165) is 22.5 Å². The van der Waals surface area contributed by atoms with Crippen LogP contribution in [0, 0.1) is 0 Å². The average molecular weight is 449 g/mol. The van der Waals surface area contributed by atoms with Crippen molar-refractivity contribution in [1.82, 2.24) is 14.5 Å². The number of aliphatic hydroxyl groups is 1. The number of thiazole rings is 1. The lowest BCUT2D eigenvalue weighted by Gasteiger charge is -2.28. The van der Waals surface area contributed by atoms with E-state index in [0.29, 0.717) is 11.7 Å². The second-order valence-corrected chi connectivity index (χ2v) is 9.04. The highest BCUT2D eigenvalue weighted by molar-refractivity contribution is 7.13. The van der Waals surface area contributed by atoms with Gasteiger partial charge in [0.15, 0.2) is 11.4 Å². The first-order chi connectivity index (χ1) is 15.4. The molecule has 0 spiro atoms. The quantitative estimate of drug-likeness (QED) is 0.331. The van der Waals surface area contributed by atoms with Gasteiger partial charge < -0.3 is 19.7 Å². The first-order valence-electron chi connectivity index (χ1n) is 10.6. The molecule has 2 atom stereocenters. The molecule has 0 aliphatic carbocycles. The van der Waals surface area contributed by atoms with E-state index in [9.17, 15) is 5.11 Å². The number of hydrogen-bond donors (Lipinski definition) is 2. The minimum absolute atomic E-state index is 0.0636. The van der Waals surface area contributed by atoms with Gasteiger partial charge in [0.1, 0.15) is 5.60 Å². The van der Waals surface area contributed by atoms with Gasteiger partial charge in [-0.1, -0.05) is 30.3 Å². The molecule has 1 aromatic carbocycles. The molecule has 166 valence electrons. The van der Waals surface area contributed by atoms with E-state index in [1.54, 1.807) is 12.4 Å². The van der Waals surface area contributed by atoms with Crippen LogP contribution in [0.15, 0.2) is 78.6 Å². The molecular weight excluding hydrogens is 420 g/mol. The van der Waals surface area contributed by atoms with E-state index in [-0.39, 0.29) is 6.10 Å². The summed E-state index contributed by atoms with van der Waals surface area (Å²) < 4.78 is 8.34. The smallest absolute Gasteiger partial charge is 0.185 e. The number of rotatable bonds is 9. The maximum absolute atomic E-state index is 10.8. The molecule has 32 heavy (non-hydrogen) atoms. The summed E-state index contributed by atoms with van der Waals surface area (Å²) in [5.41, 5.74) is 3.27. The molecule has 7 heteroatoms. The second-order valence-electron chi connectivity index (χ2n) is 8.18. The first-order valence-corrected chi connectivity index (χ1v) is 11.5. The molecule has 0 saturated heterocycles. The molecule has 0 amide bonds. The summed E-state index contributed by atoms with van der Waals surface area (Å²) in [5.74, 6) is 0. The van der Waals surface area contributed by atoms with Gasteiger partial charge in [-0.15, -0.1) is 11.3 Å². The lowest BCUT2D eigenvalue weighted by atomic mass is 10.0. The van der Waals surface area contributed by atoms with Crippen molar-refractivity contribution >= 4 is 16.5 Å². The highest BCUT2D eigenvalue weighted by Crippen LogP contribution is 2.34. The van der Waals surface area contributed by atoms with Gasteiger partial charge in [0, 0.05) is 30.5 Å². The first kappa shape index (κ1) is 22.2. The molecule has 0 aliphatic heterocycles. The molecule has 6 nitrogen and oxygen atoms in total. The minimum Gasteiger partial charge on any atom is -0.368 e. The van der Waals surface area contributed by atoms with E-state index in [1.807, 2.05) is 79.4 Å². The van der Waals surface area contributed by atoms with E-state index < -0.39 is 11.8 Å². The summed E-state index contributed by atoms with van der Waals surface area (Å²) in [4.78, 5) is 8.75. The van der Waals surface area contributed by atoms with Gasteiger partial charge in [0.05, 0.1) is 17.5 Å². The van der Waals surface area contributed by atoms with Gasteiger partial charge in [0.2, 0.25) is 0 Å². The maximum Gasteiger partial charge on any atom is 0.185 e. The van der Waals surface area contributed by atoms with Gasteiger partial charge in [-0.05, 0) is 56.2 Å². The monoisotopic (exact) mass is 448 g/mol. The maximum atomic E-state index is 10.8. The number of nitrogens with zero attached hydrogens (tertiary/aromatic N) is 3.